The molecule has 1 unspecified atom stereocenters. The maximum atomic E-state index is 12.5. The molecule has 0 aromatic carbocycles. The molecule has 5 heteroatoms. The Kier molecular flexibility index (Phi) is 3.96. The van der Waals surface area contributed by atoms with E-state index in [0.29, 0.717) is 13.1 Å². The van der Waals surface area contributed by atoms with E-state index in [0.717, 1.165) is 12.3 Å². The molecule has 0 radical (unpaired) electrons. The number of carbonyl (C=O) groups is 1. The van der Waals surface area contributed by atoms with Crippen LogP contribution in [0, 0.1) is 5.41 Å². The normalized spacial score (nSPS) is 24.5. The van der Waals surface area contributed by atoms with Gasteiger partial charge in [0.1, 0.15) is 11.8 Å². The van der Waals surface area contributed by atoms with E-state index in [1.807, 2.05) is 24.1 Å². The van der Waals surface area contributed by atoms with E-state index < -0.39 is 6.04 Å². The summed E-state index contributed by atoms with van der Waals surface area (Å²) in [7, 11) is 1.89. The van der Waals surface area contributed by atoms with Crippen molar-refractivity contribution >= 4 is 5.91 Å². The van der Waals surface area contributed by atoms with E-state index in [1.165, 1.54) is 0 Å². The molecule has 0 spiro atoms. The predicted molar refractivity (Wildman–Crippen MR) is 71.4 cm³/mol. The monoisotopic (exact) mass is 266 g/mol. The smallest absolute Gasteiger partial charge is 0.242 e. The maximum absolute atomic E-state index is 12.5. The van der Waals surface area contributed by atoms with Crippen LogP contribution in [0.25, 0.3) is 0 Å². The highest BCUT2D eigenvalue weighted by atomic mass is 16.3. The largest absolute Gasteiger partial charge is 0.467 e. The molecule has 0 saturated carbocycles. The lowest BCUT2D eigenvalue weighted by molar-refractivity contribution is -0.137. The summed E-state index contributed by atoms with van der Waals surface area (Å²) < 4.78 is 5.32. The molecular weight excluding hydrogens is 244 g/mol. The quantitative estimate of drug-likeness (QED) is 0.884. The van der Waals surface area contributed by atoms with Gasteiger partial charge in [0.05, 0.1) is 19.4 Å². The van der Waals surface area contributed by atoms with Gasteiger partial charge in [-0.2, -0.15) is 0 Å². The standard InChI is InChI=1S/C14H22N2O3/c1-14(2)9-15(3)12(8-17)13(18)16(10-14)7-11-5-4-6-19-11/h4-6,12,17H,7-10H2,1-3H3. The zero-order valence-electron chi connectivity index (χ0n) is 11.8. The number of furan rings is 1. The number of amides is 1. The molecule has 0 bridgehead atoms. The molecule has 106 valence electrons. The van der Waals surface area contributed by atoms with Crippen molar-refractivity contribution in [1.82, 2.24) is 9.80 Å². The summed E-state index contributed by atoms with van der Waals surface area (Å²) in [5.74, 6) is 0.734. The van der Waals surface area contributed by atoms with Gasteiger partial charge in [-0.3, -0.25) is 9.69 Å². The number of aliphatic hydroxyl groups excluding tert-OH is 1. The topological polar surface area (TPSA) is 56.9 Å². The second-order valence-corrected chi connectivity index (χ2v) is 6.05. The lowest BCUT2D eigenvalue weighted by Crippen LogP contribution is -2.46. The molecule has 1 aromatic rings. The molecule has 2 heterocycles. The van der Waals surface area contributed by atoms with Gasteiger partial charge >= 0.3 is 0 Å². The van der Waals surface area contributed by atoms with Gasteiger partial charge in [0.25, 0.3) is 0 Å². The Labute approximate surface area is 113 Å². The maximum Gasteiger partial charge on any atom is 0.242 e. The minimum Gasteiger partial charge on any atom is -0.467 e. The number of aliphatic hydroxyl groups is 1. The second kappa shape index (κ2) is 5.35. The average molecular weight is 266 g/mol. The molecule has 0 aliphatic carbocycles. The van der Waals surface area contributed by atoms with Crippen molar-refractivity contribution in [1.29, 1.82) is 0 Å². The van der Waals surface area contributed by atoms with Crippen LogP contribution in [-0.4, -0.2) is 53.6 Å². The van der Waals surface area contributed by atoms with Gasteiger partial charge in [-0.05, 0) is 24.6 Å². The van der Waals surface area contributed by atoms with Crippen LogP contribution in [0.1, 0.15) is 19.6 Å². The first-order valence-corrected chi connectivity index (χ1v) is 6.55. The van der Waals surface area contributed by atoms with Gasteiger partial charge in [-0.25, -0.2) is 0 Å². The molecule has 1 aromatic heterocycles. The summed E-state index contributed by atoms with van der Waals surface area (Å²) in [6.45, 7) is 6.00. The van der Waals surface area contributed by atoms with Crippen LogP contribution in [0.15, 0.2) is 22.8 Å². The first kappa shape index (κ1) is 14.1. The van der Waals surface area contributed by atoms with Gasteiger partial charge in [0.15, 0.2) is 0 Å². The van der Waals surface area contributed by atoms with Crippen molar-refractivity contribution in [3.8, 4) is 0 Å². The third kappa shape index (κ3) is 3.16. The van der Waals surface area contributed by atoms with Crippen molar-refractivity contribution in [3.05, 3.63) is 24.2 Å². The Morgan fingerprint density at radius 1 is 1.47 bits per heavy atom. The van der Waals surface area contributed by atoms with Crippen molar-refractivity contribution < 1.29 is 14.3 Å². The van der Waals surface area contributed by atoms with Crippen LogP contribution in [0.5, 0.6) is 0 Å². The second-order valence-electron chi connectivity index (χ2n) is 6.05. The van der Waals surface area contributed by atoms with Crippen molar-refractivity contribution in [2.75, 3.05) is 26.7 Å². The zero-order valence-corrected chi connectivity index (χ0v) is 11.8. The summed E-state index contributed by atoms with van der Waals surface area (Å²) >= 11 is 0. The minimum absolute atomic E-state index is 0.0130. The molecule has 1 amide bonds. The third-order valence-corrected chi connectivity index (χ3v) is 3.52. The average Bonchev–Trinajstić information content (AvgIpc) is 2.77. The highest BCUT2D eigenvalue weighted by Gasteiger charge is 2.37. The number of hydrogen-bond donors (Lipinski definition) is 1. The Morgan fingerprint density at radius 3 is 2.79 bits per heavy atom. The molecule has 1 aliphatic heterocycles. The molecule has 19 heavy (non-hydrogen) atoms. The lowest BCUT2D eigenvalue weighted by atomic mass is 9.92. The predicted octanol–water partition coefficient (Wildman–Crippen LogP) is 0.941. The fourth-order valence-electron chi connectivity index (χ4n) is 2.77. The van der Waals surface area contributed by atoms with Gasteiger partial charge in [0.2, 0.25) is 5.91 Å². The number of carbonyl (C=O) groups excluding carboxylic acids is 1. The van der Waals surface area contributed by atoms with Crippen LogP contribution in [0.3, 0.4) is 0 Å². The first-order valence-electron chi connectivity index (χ1n) is 6.55. The minimum atomic E-state index is -0.461. The van der Waals surface area contributed by atoms with Crippen molar-refractivity contribution in [2.45, 2.75) is 26.4 Å². The third-order valence-electron chi connectivity index (χ3n) is 3.52. The molecule has 1 N–H and O–H groups in total. The molecule has 1 fully saturated rings. The van der Waals surface area contributed by atoms with Gasteiger partial charge in [0, 0.05) is 13.1 Å². The van der Waals surface area contributed by atoms with Crippen molar-refractivity contribution in [3.63, 3.8) is 0 Å². The molecule has 1 saturated heterocycles. The van der Waals surface area contributed by atoms with Gasteiger partial charge in [-0.15, -0.1) is 0 Å². The number of hydrogen-bond acceptors (Lipinski definition) is 4. The van der Waals surface area contributed by atoms with E-state index >= 15 is 0 Å². The molecular formula is C14H22N2O3. The Bertz CT molecular complexity index is 428. The molecule has 1 atom stereocenters. The Balaban J connectivity index is 2.21. The molecule has 5 nitrogen and oxygen atoms in total. The summed E-state index contributed by atoms with van der Waals surface area (Å²) in [5, 5.41) is 9.46. The van der Waals surface area contributed by atoms with Gasteiger partial charge < -0.3 is 14.4 Å². The zero-order chi connectivity index (χ0) is 14.0. The first-order chi connectivity index (χ1) is 8.93. The molecule has 1 aliphatic rings. The summed E-state index contributed by atoms with van der Waals surface area (Å²) in [6.07, 6.45) is 1.61. The number of nitrogens with zero attached hydrogens (tertiary/aromatic N) is 2. The van der Waals surface area contributed by atoms with E-state index in [9.17, 15) is 9.90 Å². The fraction of sp³-hybridized carbons (Fsp3) is 0.643. The summed E-state index contributed by atoms with van der Waals surface area (Å²) in [6, 6.07) is 3.22. The van der Waals surface area contributed by atoms with Crippen LogP contribution in [0.4, 0.5) is 0 Å². The van der Waals surface area contributed by atoms with Gasteiger partial charge in [-0.1, -0.05) is 13.8 Å². The van der Waals surface area contributed by atoms with E-state index in [4.69, 9.17) is 4.42 Å². The van der Waals surface area contributed by atoms with Crippen LogP contribution in [0.2, 0.25) is 0 Å². The number of likely N-dealkylation sites (N-methyl/N-ethyl adjacent to an activating group) is 1. The van der Waals surface area contributed by atoms with Crippen LogP contribution in [-0.2, 0) is 11.3 Å². The molecule has 2 rings (SSSR count). The van der Waals surface area contributed by atoms with Crippen LogP contribution < -0.4 is 0 Å². The Hall–Kier alpha value is -1.33. The lowest BCUT2D eigenvalue weighted by Gasteiger charge is -2.29. The number of rotatable bonds is 3. The fourth-order valence-corrected chi connectivity index (χ4v) is 2.77. The van der Waals surface area contributed by atoms with Crippen LogP contribution >= 0.6 is 0 Å². The van der Waals surface area contributed by atoms with E-state index in [1.54, 1.807) is 11.2 Å². The summed E-state index contributed by atoms with van der Waals surface area (Å²) in [5.41, 5.74) is -0.0130. The summed E-state index contributed by atoms with van der Waals surface area (Å²) in [4.78, 5) is 16.2. The van der Waals surface area contributed by atoms with E-state index in [-0.39, 0.29) is 17.9 Å². The van der Waals surface area contributed by atoms with Crippen molar-refractivity contribution in [2.24, 2.45) is 5.41 Å². The highest BCUT2D eigenvalue weighted by Crippen LogP contribution is 2.25. The van der Waals surface area contributed by atoms with E-state index in [2.05, 4.69) is 13.8 Å². The highest BCUT2D eigenvalue weighted by molar-refractivity contribution is 5.82. The SMILES string of the molecule is CN1CC(C)(C)CN(Cc2ccco2)C(=O)C1CO. The Morgan fingerprint density at radius 2 is 2.21 bits per heavy atom.